The van der Waals surface area contributed by atoms with Crippen LogP contribution in [0.25, 0.3) is 0 Å². The summed E-state index contributed by atoms with van der Waals surface area (Å²) in [7, 11) is 1.26. The topological polar surface area (TPSA) is 96.2 Å². The Hall–Kier alpha value is -0.690. The number of carboxylic acids is 1. The fourth-order valence-corrected chi connectivity index (χ4v) is 1.50. The number of rotatable bonds is 2. The maximum absolute atomic E-state index is 10.7. The molecular weight excluding hydrogens is 192 g/mol. The molecule has 0 bridgehead atoms. The van der Waals surface area contributed by atoms with Gasteiger partial charge in [-0.1, -0.05) is 0 Å². The second kappa shape index (κ2) is 4.22. The zero-order valence-electron chi connectivity index (χ0n) is 7.95. The molecule has 0 aliphatic carbocycles. The molecule has 0 spiro atoms. The Morgan fingerprint density at radius 1 is 1.36 bits per heavy atom. The summed E-state index contributed by atoms with van der Waals surface area (Å²) in [4.78, 5) is 10.7. The standard InChI is InChI=1S/C8H14O6/c1-3-4(9)5(10)6(13-2)7(14-3)8(11)12/h3-7,9-10H,1-2H3,(H,11,12)/t3?,4?,5?,6-,7?/m1/s1. The van der Waals surface area contributed by atoms with Crippen LogP contribution in [0.5, 0.6) is 0 Å². The molecule has 14 heavy (non-hydrogen) atoms. The molecule has 0 aromatic rings. The maximum atomic E-state index is 10.7. The van der Waals surface area contributed by atoms with Crippen molar-refractivity contribution < 1.29 is 29.6 Å². The van der Waals surface area contributed by atoms with Crippen molar-refractivity contribution >= 4 is 5.97 Å². The van der Waals surface area contributed by atoms with Crippen molar-refractivity contribution in [3.05, 3.63) is 0 Å². The van der Waals surface area contributed by atoms with Gasteiger partial charge in [-0.3, -0.25) is 0 Å². The molecular formula is C8H14O6. The molecule has 3 N–H and O–H groups in total. The molecule has 0 aromatic carbocycles. The number of hydrogen-bond donors (Lipinski definition) is 3. The third kappa shape index (κ3) is 1.88. The van der Waals surface area contributed by atoms with Gasteiger partial charge in [-0.25, -0.2) is 4.79 Å². The van der Waals surface area contributed by atoms with E-state index in [4.69, 9.17) is 14.6 Å². The van der Waals surface area contributed by atoms with Crippen molar-refractivity contribution in [2.45, 2.75) is 37.4 Å². The van der Waals surface area contributed by atoms with E-state index in [-0.39, 0.29) is 0 Å². The molecule has 1 saturated heterocycles. The normalized spacial score (nSPS) is 43.6. The van der Waals surface area contributed by atoms with Gasteiger partial charge in [-0.15, -0.1) is 0 Å². The highest BCUT2D eigenvalue weighted by molar-refractivity contribution is 5.73. The van der Waals surface area contributed by atoms with Crippen LogP contribution in [0.1, 0.15) is 6.92 Å². The predicted octanol–water partition coefficient (Wildman–Crippen LogP) is -1.40. The number of aliphatic hydroxyl groups is 2. The lowest BCUT2D eigenvalue weighted by atomic mass is 9.95. The van der Waals surface area contributed by atoms with Crippen LogP contribution in [-0.4, -0.2) is 58.9 Å². The fourth-order valence-electron chi connectivity index (χ4n) is 1.50. The Labute approximate surface area is 81.1 Å². The molecule has 82 valence electrons. The van der Waals surface area contributed by atoms with Gasteiger partial charge < -0.3 is 24.8 Å². The molecule has 4 unspecified atom stereocenters. The molecule has 0 saturated carbocycles. The molecule has 6 heteroatoms. The van der Waals surface area contributed by atoms with Gasteiger partial charge in [-0.05, 0) is 6.92 Å². The van der Waals surface area contributed by atoms with E-state index in [0.29, 0.717) is 0 Å². The number of hydrogen-bond acceptors (Lipinski definition) is 5. The SMILES string of the molecule is CO[C@H]1C(C(=O)O)OC(C)C(O)C1O. The van der Waals surface area contributed by atoms with E-state index in [1.807, 2.05) is 0 Å². The van der Waals surface area contributed by atoms with E-state index in [1.54, 1.807) is 0 Å². The first-order valence-corrected chi connectivity index (χ1v) is 4.26. The predicted molar refractivity (Wildman–Crippen MR) is 44.8 cm³/mol. The van der Waals surface area contributed by atoms with Crippen molar-refractivity contribution in [2.24, 2.45) is 0 Å². The molecule has 0 amide bonds. The van der Waals surface area contributed by atoms with Crippen LogP contribution in [0, 0.1) is 0 Å². The Balaban J connectivity index is 2.82. The highest BCUT2D eigenvalue weighted by Gasteiger charge is 2.46. The van der Waals surface area contributed by atoms with Gasteiger partial charge >= 0.3 is 5.97 Å². The first-order chi connectivity index (χ1) is 6.49. The van der Waals surface area contributed by atoms with Crippen LogP contribution >= 0.6 is 0 Å². The summed E-state index contributed by atoms with van der Waals surface area (Å²) >= 11 is 0. The van der Waals surface area contributed by atoms with E-state index in [1.165, 1.54) is 14.0 Å². The number of aliphatic hydroxyl groups excluding tert-OH is 2. The Morgan fingerprint density at radius 2 is 1.93 bits per heavy atom. The molecule has 1 aliphatic rings. The summed E-state index contributed by atoms with van der Waals surface area (Å²) in [5.74, 6) is -1.21. The lowest BCUT2D eigenvalue weighted by Crippen LogP contribution is -2.59. The van der Waals surface area contributed by atoms with Gasteiger partial charge in [-0.2, -0.15) is 0 Å². The summed E-state index contributed by atoms with van der Waals surface area (Å²) in [6, 6.07) is 0. The van der Waals surface area contributed by atoms with Gasteiger partial charge in [0, 0.05) is 7.11 Å². The van der Waals surface area contributed by atoms with Crippen LogP contribution < -0.4 is 0 Å². The highest BCUT2D eigenvalue weighted by atomic mass is 16.6. The quantitative estimate of drug-likeness (QED) is 0.514. The first kappa shape index (κ1) is 11.4. The first-order valence-electron chi connectivity index (χ1n) is 4.26. The molecule has 1 heterocycles. The zero-order chi connectivity index (χ0) is 10.9. The molecule has 1 fully saturated rings. The van der Waals surface area contributed by atoms with E-state index in [2.05, 4.69) is 0 Å². The van der Waals surface area contributed by atoms with Crippen molar-refractivity contribution in [3.63, 3.8) is 0 Å². The van der Waals surface area contributed by atoms with Gasteiger partial charge in [0.15, 0.2) is 6.10 Å². The summed E-state index contributed by atoms with van der Waals surface area (Å²) in [5.41, 5.74) is 0. The van der Waals surface area contributed by atoms with Crippen molar-refractivity contribution in [1.82, 2.24) is 0 Å². The molecule has 1 aliphatic heterocycles. The Kier molecular flexibility index (Phi) is 3.43. The fraction of sp³-hybridized carbons (Fsp3) is 0.875. The van der Waals surface area contributed by atoms with Crippen LogP contribution in [0.3, 0.4) is 0 Å². The average molecular weight is 206 g/mol. The van der Waals surface area contributed by atoms with Gasteiger partial charge in [0.05, 0.1) is 6.10 Å². The minimum atomic E-state index is -1.25. The van der Waals surface area contributed by atoms with Gasteiger partial charge in [0.1, 0.15) is 18.3 Å². The Bertz CT molecular complexity index is 218. The molecule has 5 atom stereocenters. The summed E-state index contributed by atoms with van der Waals surface area (Å²) < 4.78 is 9.78. The van der Waals surface area contributed by atoms with Crippen molar-refractivity contribution in [3.8, 4) is 0 Å². The third-order valence-electron chi connectivity index (χ3n) is 2.34. The molecule has 0 radical (unpaired) electrons. The highest BCUT2D eigenvalue weighted by Crippen LogP contribution is 2.22. The average Bonchev–Trinajstić information content (AvgIpc) is 2.13. The summed E-state index contributed by atoms with van der Waals surface area (Å²) in [6.45, 7) is 1.50. The smallest absolute Gasteiger partial charge is 0.335 e. The van der Waals surface area contributed by atoms with E-state index < -0.39 is 36.5 Å². The molecule has 0 aromatic heterocycles. The lowest BCUT2D eigenvalue weighted by Gasteiger charge is -2.39. The minimum absolute atomic E-state index is 0.725. The molecule has 6 nitrogen and oxygen atoms in total. The number of carbonyl (C=O) groups is 1. The maximum Gasteiger partial charge on any atom is 0.335 e. The van der Waals surface area contributed by atoms with Crippen LogP contribution in [0.2, 0.25) is 0 Å². The number of carboxylic acid groups (broad SMARTS) is 1. The van der Waals surface area contributed by atoms with E-state index in [9.17, 15) is 15.0 Å². The summed E-state index contributed by atoms with van der Waals surface area (Å²) in [5, 5.41) is 27.7. The zero-order valence-corrected chi connectivity index (χ0v) is 7.95. The van der Waals surface area contributed by atoms with Crippen molar-refractivity contribution in [2.75, 3.05) is 7.11 Å². The van der Waals surface area contributed by atoms with Gasteiger partial charge in [0.2, 0.25) is 0 Å². The van der Waals surface area contributed by atoms with E-state index in [0.717, 1.165) is 0 Å². The monoisotopic (exact) mass is 206 g/mol. The Morgan fingerprint density at radius 3 is 2.36 bits per heavy atom. The van der Waals surface area contributed by atoms with Gasteiger partial charge in [0.25, 0.3) is 0 Å². The second-order valence-corrected chi connectivity index (χ2v) is 3.28. The van der Waals surface area contributed by atoms with E-state index >= 15 is 0 Å². The second-order valence-electron chi connectivity index (χ2n) is 3.28. The summed E-state index contributed by atoms with van der Waals surface area (Å²) in [6.07, 6.45) is -5.38. The van der Waals surface area contributed by atoms with Crippen LogP contribution in [-0.2, 0) is 14.3 Å². The van der Waals surface area contributed by atoms with Crippen LogP contribution in [0.15, 0.2) is 0 Å². The number of ether oxygens (including phenoxy) is 2. The lowest BCUT2D eigenvalue weighted by molar-refractivity contribution is -0.229. The largest absolute Gasteiger partial charge is 0.479 e. The van der Waals surface area contributed by atoms with Crippen molar-refractivity contribution in [1.29, 1.82) is 0 Å². The third-order valence-corrected chi connectivity index (χ3v) is 2.34. The minimum Gasteiger partial charge on any atom is -0.479 e. The van der Waals surface area contributed by atoms with Crippen LogP contribution in [0.4, 0.5) is 0 Å². The molecule has 1 rings (SSSR count). The number of aliphatic carboxylic acids is 1. The number of methoxy groups -OCH3 is 1.